The van der Waals surface area contributed by atoms with E-state index in [0.717, 1.165) is 9.87 Å². The number of benzene rings is 1. The van der Waals surface area contributed by atoms with Gasteiger partial charge in [-0.05, 0) is 12.5 Å². The fourth-order valence-electron chi connectivity index (χ4n) is 1.57. The number of aliphatic carboxylic acids is 1. The second kappa shape index (κ2) is 6.65. The molecule has 0 saturated carbocycles. The summed E-state index contributed by atoms with van der Waals surface area (Å²) in [5.41, 5.74) is 0.862. The van der Waals surface area contributed by atoms with Crippen molar-refractivity contribution >= 4 is 16.2 Å². The zero-order valence-electron chi connectivity index (χ0n) is 10.9. The van der Waals surface area contributed by atoms with Crippen molar-refractivity contribution in [3.8, 4) is 0 Å². The molecule has 7 heteroatoms. The summed E-state index contributed by atoms with van der Waals surface area (Å²) in [6, 6.07) is 8.51. The predicted octanol–water partition coefficient (Wildman–Crippen LogP) is 0.816. The molecule has 0 saturated heterocycles. The van der Waals surface area contributed by atoms with Gasteiger partial charge in [0.05, 0.1) is 6.42 Å². The summed E-state index contributed by atoms with van der Waals surface area (Å²) in [5, 5.41) is 8.61. The van der Waals surface area contributed by atoms with Crippen LogP contribution in [-0.4, -0.2) is 36.9 Å². The Kier molecular flexibility index (Phi) is 5.46. The molecule has 0 aliphatic heterocycles. The van der Waals surface area contributed by atoms with Crippen LogP contribution >= 0.6 is 0 Å². The van der Waals surface area contributed by atoms with Gasteiger partial charge < -0.3 is 5.11 Å². The minimum absolute atomic E-state index is 0.232. The lowest BCUT2D eigenvalue weighted by Crippen LogP contribution is -2.42. The molecular weight excluding hydrogens is 268 g/mol. The van der Waals surface area contributed by atoms with Crippen molar-refractivity contribution in [2.45, 2.75) is 25.9 Å². The minimum atomic E-state index is -3.68. The first-order valence-electron chi connectivity index (χ1n) is 5.80. The minimum Gasteiger partial charge on any atom is -0.481 e. The third-order valence-electron chi connectivity index (χ3n) is 2.49. The highest BCUT2D eigenvalue weighted by atomic mass is 32.2. The van der Waals surface area contributed by atoms with Crippen molar-refractivity contribution in [1.82, 2.24) is 9.03 Å². The predicted molar refractivity (Wildman–Crippen MR) is 71.7 cm³/mol. The molecule has 0 spiro atoms. The van der Waals surface area contributed by atoms with Crippen LogP contribution in [0.15, 0.2) is 30.3 Å². The van der Waals surface area contributed by atoms with E-state index >= 15 is 0 Å². The fourth-order valence-corrected chi connectivity index (χ4v) is 2.66. The molecule has 0 aromatic heterocycles. The second-order valence-electron chi connectivity index (χ2n) is 4.36. The molecule has 0 aliphatic carbocycles. The van der Waals surface area contributed by atoms with Crippen LogP contribution in [0.5, 0.6) is 0 Å². The molecule has 19 heavy (non-hydrogen) atoms. The first kappa shape index (κ1) is 15.6. The summed E-state index contributed by atoms with van der Waals surface area (Å²) in [6.07, 6.45) is -0.252. The molecule has 106 valence electrons. The molecule has 2 N–H and O–H groups in total. The number of nitrogens with one attached hydrogen (secondary N) is 1. The lowest BCUT2D eigenvalue weighted by atomic mass is 10.2. The zero-order valence-corrected chi connectivity index (χ0v) is 11.7. The van der Waals surface area contributed by atoms with Crippen LogP contribution in [0.25, 0.3) is 0 Å². The molecule has 0 aliphatic rings. The largest absolute Gasteiger partial charge is 0.481 e. The molecule has 1 aromatic rings. The summed E-state index contributed by atoms with van der Waals surface area (Å²) in [6.45, 7) is 1.75. The van der Waals surface area contributed by atoms with E-state index in [4.69, 9.17) is 5.11 Å². The molecule has 1 rings (SSSR count). The van der Waals surface area contributed by atoms with Gasteiger partial charge in [-0.1, -0.05) is 30.3 Å². The molecule has 1 atom stereocenters. The van der Waals surface area contributed by atoms with Gasteiger partial charge in [0, 0.05) is 19.6 Å². The van der Waals surface area contributed by atoms with E-state index in [1.807, 2.05) is 30.3 Å². The Morgan fingerprint density at radius 2 is 1.95 bits per heavy atom. The van der Waals surface area contributed by atoms with Crippen LogP contribution in [0, 0.1) is 0 Å². The van der Waals surface area contributed by atoms with Crippen molar-refractivity contribution in [3.05, 3.63) is 35.9 Å². The molecule has 0 heterocycles. The first-order valence-corrected chi connectivity index (χ1v) is 7.24. The number of hydrogen-bond donors (Lipinski definition) is 2. The first-order chi connectivity index (χ1) is 8.81. The van der Waals surface area contributed by atoms with Gasteiger partial charge in [-0.25, -0.2) is 0 Å². The van der Waals surface area contributed by atoms with Crippen LogP contribution in [0.3, 0.4) is 0 Å². The Morgan fingerprint density at radius 3 is 2.47 bits per heavy atom. The van der Waals surface area contributed by atoms with E-state index in [2.05, 4.69) is 4.72 Å². The zero-order chi connectivity index (χ0) is 14.5. The number of rotatable bonds is 7. The van der Waals surface area contributed by atoms with Crippen LogP contribution in [0.4, 0.5) is 0 Å². The van der Waals surface area contributed by atoms with Gasteiger partial charge in [-0.3, -0.25) is 4.79 Å². The Balaban J connectivity index is 2.64. The molecule has 6 nitrogen and oxygen atoms in total. The number of carbonyl (C=O) groups is 1. The highest BCUT2D eigenvalue weighted by Gasteiger charge is 2.21. The number of carboxylic acid groups (broad SMARTS) is 1. The van der Waals surface area contributed by atoms with Gasteiger partial charge in [0.15, 0.2) is 0 Å². The van der Waals surface area contributed by atoms with E-state index < -0.39 is 22.2 Å². The standard InChI is InChI=1S/C12H18N2O4S/c1-10(8-12(15)16)13-19(17,18)14(2)9-11-6-4-3-5-7-11/h3-7,10,13H,8-9H2,1-2H3,(H,15,16). The molecule has 1 unspecified atom stereocenters. The Morgan fingerprint density at radius 1 is 1.37 bits per heavy atom. The molecule has 0 bridgehead atoms. The van der Waals surface area contributed by atoms with Crippen molar-refractivity contribution in [2.24, 2.45) is 0 Å². The smallest absolute Gasteiger partial charge is 0.304 e. The van der Waals surface area contributed by atoms with Crippen molar-refractivity contribution < 1.29 is 18.3 Å². The van der Waals surface area contributed by atoms with Crippen molar-refractivity contribution in [2.75, 3.05) is 7.05 Å². The summed E-state index contributed by atoms with van der Waals surface area (Å²) in [5.74, 6) is -1.04. The number of hydrogen-bond acceptors (Lipinski definition) is 3. The summed E-state index contributed by atoms with van der Waals surface area (Å²) in [4.78, 5) is 10.5. The fraction of sp³-hybridized carbons (Fsp3) is 0.417. The Labute approximate surface area is 113 Å². The average Bonchev–Trinajstić information content (AvgIpc) is 2.28. The molecule has 0 fully saturated rings. The number of nitrogens with zero attached hydrogens (tertiary/aromatic N) is 1. The van der Waals surface area contributed by atoms with Gasteiger partial charge in [-0.2, -0.15) is 17.4 Å². The lowest BCUT2D eigenvalue weighted by Gasteiger charge is -2.20. The SMILES string of the molecule is CC(CC(=O)O)NS(=O)(=O)N(C)Cc1ccccc1. The average molecular weight is 286 g/mol. The lowest BCUT2D eigenvalue weighted by molar-refractivity contribution is -0.137. The quantitative estimate of drug-likeness (QED) is 0.777. The maximum Gasteiger partial charge on any atom is 0.304 e. The maximum absolute atomic E-state index is 11.9. The summed E-state index contributed by atoms with van der Waals surface area (Å²) in [7, 11) is -2.24. The monoisotopic (exact) mass is 286 g/mol. The van der Waals surface area contributed by atoms with Gasteiger partial charge in [0.2, 0.25) is 0 Å². The van der Waals surface area contributed by atoms with Crippen molar-refractivity contribution in [3.63, 3.8) is 0 Å². The highest BCUT2D eigenvalue weighted by Crippen LogP contribution is 2.06. The molecule has 0 amide bonds. The van der Waals surface area contributed by atoms with Crippen molar-refractivity contribution in [1.29, 1.82) is 0 Å². The summed E-state index contributed by atoms with van der Waals surface area (Å²) < 4.78 is 27.4. The van der Waals surface area contributed by atoms with E-state index in [-0.39, 0.29) is 13.0 Å². The third kappa shape index (κ3) is 5.37. The third-order valence-corrected chi connectivity index (χ3v) is 4.14. The maximum atomic E-state index is 11.9. The van der Waals surface area contributed by atoms with E-state index in [1.165, 1.54) is 14.0 Å². The van der Waals surface area contributed by atoms with Gasteiger partial charge in [0.25, 0.3) is 10.2 Å². The Hall–Kier alpha value is -1.44. The summed E-state index contributed by atoms with van der Waals surface area (Å²) >= 11 is 0. The van der Waals surface area contributed by atoms with Crippen LogP contribution in [-0.2, 0) is 21.5 Å². The van der Waals surface area contributed by atoms with Gasteiger partial charge in [-0.15, -0.1) is 0 Å². The van der Waals surface area contributed by atoms with Crippen LogP contribution < -0.4 is 4.72 Å². The normalized spacial score (nSPS) is 13.4. The van der Waals surface area contributed by atoms with Gasteiger partial charge in [0.1, 0.15) is 0 Å². The second-order valence-corrected chi connectivity index (χ2v) is 6.17. The molecular formula is C12H18N2O4S. The Bertz CT molecular complexity index is 516. The van der Waals surface area contributed by atoms with E-state index in [1.54, 1.807) is 0 Å². The number of carboxylic acids is 1. The molecule has 0 radical (unpaired) electrons. The molecule has 1 aromatic carbocycles. The van der Waals surface area contributed by atoms with E-state index in [9.17, 15) is 13.2 Å². The van der Waals surface area contributed by atoms with E-state index in [0.29, 0.717) is 0 Å². The van der Waals surface area contributed by atoms with Gasteiger partial charge >= 0.3 is 5.97 Å². The topological polar surface area (TPSA) is 86.7 Å². The van der Waals surface area contributed by atoms with Crippen LogP contribution in [0.2, 0.25) is 0 Å². The highest BCUT2D eigenvalue weighted by molar-refractivity contribution is 7.87. The van der Waals surface area contributed by atoms with Crippen LogP contribution in [0.1, 0.15) is 18.9 Å².